The third-order valence-electron chi connectivity index (χ3n) is 3.59. The normalized spacial score (nSPS) is 26.2. The highest BCUT2D eigenvalue weighted by Crippen LogP contribution is 2.34. The van der Waals surface area contributed by atoms with Gasteiger partial charge < -0.3 is 10.4 Å². The van der Waals surface area contributed by atoms with Crippen molar-refractivity contribution in [2.45, 2.75) is 58.9 Å². The van der Waals surface area contributed by atoms with E-state index in [9.17, 15) is 0 Å². The minimum Gasteiger partial charge on any atom is -0.396 e. The lowest BCUT2D eigenvalue weighted by molar-refractivity contribution is 0.149. The van der Waals surface area contributed by atoms with Gasteiger partial charge in [-0.1, -0.05) is 33.6 Å². The summed E-state index contributed by atoms with van der Waals surface area (Å²) in [6, 6.07) is 0.829. The average molecular weight is 215 g/mol. The number of rotatable bonds is 5. The molecule has 0 heterocycles. The summed E-state index contributed by atoms with van der Waals surface area (Å²) in [5.41, 5.74) is 0. The van der Waals surface area contributed by atoms with Crippen LogP contribution in [0, 0.1) is 11.8 Å². The van der Waals surface area contributed by atoms with Gasteiger partial charge in [0, 0.05) is 12.6 Å². The van der Waals surface area contributed by atoms with Gasteiger partial charge in [-0.15, -0.1) is 0 Å². The maximum absolute atomic E-state index is 8.07. The lowest BCUT2D eigenvalue weighted by Crippen LogP contribution is -2.44. The van der Waals surface area contributed by atoms with Gasteiger partial charge in [0.25, 0.3) is 0 Å². The molecule has 0 amide bonds. The Morgan fingerprint density at radius 2 is 2.00 bits per heavy atom. The topological polar surface area (TPSA) is 32.3 Å². The van der Waals surface area contributed by atoms with Crippen LogP contribution < -0.4 is 5.32 Å². The first-order valence-corrected chi connectivity index (χ1v) is 6.49. The predicted octanol–water partition coefficient (Wildman–Crippen LogP) is 2.81. The fraction of sp³-hybridized carbons (Fsp3) is 1.00. The Morgan fingerprint density at radius 3 is 2.20 bits per heavy atom. The molecule has 1 aliphatic rings. The van der Waals surface area contributed by atoms with Crippen molar-refractivity contribution in [2.24, 2.45) is 11.8 Å². The molecular formula is C13H29NO. The fourth-order valence-corrected chi connectivity index (χ4v) is 2.03. The predicted molar refractivity (Wildman–Crippen MR) is 67.0 cm³/mol. The van der Waals surface area contributed by atoms with E-state index in [1.165, 1.54) is 19.3 Å². The fourth-order valence-electron chi connectivity index (χ4n) is 2.03. The van der Waals surface area contributed by atoms with Gasteiger partial charge in [0.2, 0.25) is 0 Å². The zero-order valence-corrected chi connectivity index (χ0v) is 10.9. The Kier molecular flexibility index (Phi) is 9.12. The Morgan fingerprint density at radius 1 is 1.33 bits per heavy atom. The molecule has 15 heavy (non-hydrogen) atoms. The molecule has 0 spiro atoms. The standard InChI is InChI=1S/C9H19N.C4H10O/c1-4-7(2)8-5-6-9(8)10-3;1-2-3-4-5/h7-10H,4-6H2,1-3H3;5H,2-4H2,1H3. The number of aliphatic hydroxyl groups excluding tert-OH is 1. The number of hydrogen-bond acceptors (Lipinski definition) is 2. The van der Waals surface area contributed by atoms with Crippen molar-refractivity contribution in [3.05, 3.63) is 0 Å². The second-order valence-electron chi connectivity index (χ2n) is 4.60. The van der Waals surface area contributed by atoms with Crippen LogP contribution >= 0.6 is 0 Å². The summed E-state index contributed by atoms with van der Waals surface area (Å²) in [6.45, 7) is 7.05. The van der Waals surface area contributed by atoms with Crippen molar-refractivity contribution in [1.82, 2.24) is 5.32 Å². The first-order valence-electron chi connectivity index (χ1n) is 6.49. The van der Waals surface area contributed by atoms with Gasteiger partial charge in [0.05, 0.1) is 0 Å². The van der Waals surface area contributed by atoms with E-state index in [0.29, 0.717) is 6.61 Å². The third kappa shape index (κ3) is 5.53. The molecule has 0 aliphatic heterocycles. The van der Waals surface area contributed by atoms with E-state index < -0.39 is 0 Å². The Balaban J connectivity index is 0.000000336. The van der Waals surface area contributed by atoms with Crippen molar-refractivity contribution < 1.29 is 5.11 Å². The minimum atomic E-state index is 0.344. The number of nitrogens with one attached hydrogen (secondary N) is 1. The second-order valence-corrected chi connectivity index (χ2v) is 4.60. The molecule has 92 valence electrons. The van der Waals surface area contributed by atoms with E-state index in [1.807, 2.05) is 0 Å². The minimum absolute atomic E-state index is 0.344. The quantitative estimate of drug-likeness (QED) is 0.739. The molecule has 0 aromatic heterocycles. The molecule has 2 heteroatoms. The van der Waals surface area contributed by atoms with Gasteiger partial charge in [0.1, 0.15) is 0 Å². The van der Waals surface area contributed by atoms with Crippen LogP contribution in [0.2, 0.25) is 0 Å². The molecule has 0 aromatic rings. The summed E-state index contributed by atoms with van der Waals surface area (Å²) in [7, 11) is 2.08. The van der Waals surface area contributed by atoms with E-state index >= 15 is 0 Å². The summed E-state index contributed by atoms with van der Waals surface area (Å²) in [4.78, 5) is 0. The third-order valence-corrected chi connectivity index (χ3v) is 3.59. The summed E-state index contributed by atoms with van der Waals surface area (Å²) >= 11 is 0. The van der Waals surface area contributed by atoms with Crippen molar-refractivity contribution in [1.29, 1.82) is 0 Å². The summed E-state index contributed by atoms with van der Waals surface area (Å²) in [5, 5.41) is 11.4. The lowest BCUT2D eigenvalue weighted by Gasteiger charge is -2.40. The molecule has 1 fully saturated rings. The van der Waals surface area contributed by atoms with Crippen LogP contribution in [0.4, 0.5) is 0 Å². The van der Waals surface area contributed by atoms with Crippen LogP contribution in [0.15, 0.2) is 0 Å². The smallest absolute Gasteiger partial charge is 0.0430 e. The molecule has 0 bridgehead atoms. The molecule has 1 aliphatic carbocycles. The number of unbranched alkanes of at least 4 members (excludes halogenated alkanes) is 1. The largest absolute Gasteiger partial charge is 0.396 e. The van der Waals surface area contributed by atoms with Crippen molar-refractivity contribution in [3.63, 3.8) is 0 Å². The monoisotopic (exact) mass is 215 g/mol. The molecule has 0 saturated heterocycles. The zero-order chi connectivity index (χ0) is 11.7. The van der Waals surface area contributed by atoms with Gasteiger partial charge in [-0.05, 0) is 38.1 Å². The highest BCUT2D eigenvalue weighted by atomic mass is 16.2. The maximum atomic E-state index is 8.07. The van der Waals surface area contributed by atoms with Crippen LogP contribution in [-0.2, 0) is 0 Å². The van der Waals surface area contributed by atoms with Gasteiger partial charge >= 0.3 is 0 Å². The van der Waals surface area contributed by atoms with E-state index in [2.05, 4.69) is 33.1 Å². The highest BCUT2D eigenvalue weighted by molar-refractivity contribution is 4.88. The Bertz CT molecular complexity index is 128. The van der Waals surface area contributed by atoms with Crippen molar-refractivity contribution in [2.75, 3.05) is 13.7 Å². The van der Waals surface area contributed by atoms with Crippen LogP contribution in [0.3, 0.4) is 0 Å². The van der Waals surface area contributed by atoms with Crippen LogP contribution in [0.5, 0.6) is 0 Å². The molecule has 0 aromatic carbocycles. The van der Waals surface area contributed by atoms with Gasteiger partial charge in [-0.25, -0.2) is 0 Å². The maximum Gasteiger partial charge on any atom is 0.0430 e. The molecule has 3 atom stereocenters. The SMILES string of the molecule is CCC(C)C1CCC1NC.CCCCO. The molecule has 1 saturated carbocycles. The Hall–Kier alpha value is -0.0800. The molecule has 2 nitrogen and oxygen atoms in total. The average Bonchev–Trinajstić information content (AvgIpc) is 2.19. The first-order chi connectivity index (χ1) is 7.21. The van der Waals surface area contributed by atoms with E-state index in [1.54, 1.807) is 0 Å². The van der Waals surface area contributed by atoms with E-state index in [-0.39, 0.29) is 0 Å². The van der Waals surface area contributed by atoms with Crippen molar-refractivity contribution in [3.8, 4) is 0 Å². The van der Waals surface area contributed by atoms with E-state index in [0.717, 1.165) is 30.7 Å². The summed E-state index contributed by atoms with van der Waals surface area (Å²) in [5.74, 6) is 1.89. The van der Waals surface area contributed by atoms with Gasteiger partial charge in [0.15, 0.2) is 0 Å². The van der Waals surface area contributed by atoms with Crippen LogP contribution in [-0.4, -0.2) is 24.8 Å². The summed E-state index contributed by atoms with van der Waals surface area (Å²) < 4.78 is 0. The van der Waals surface area contributed by atoms with E-state index in [4.69, 9.17) is 5.11 Å². The molecule has 1 rings (SSSR count). The van der Waals surface area contributed by atoms with Gasteiger partial charge in [-0.3, -0.25) is 0 Å². The summed E-state index contributed by atoms with van der Waals surface area (Å²) in [6.07, 6.45) is 6.21. The van der Waals surface area contributed by atoms with Crippen LogP contribution in [0.1, 0.15) is 52.9 Å². The lowest BCUT2D eigenvalue weighted by atomic mass is 9.71. The molecular weight excluding hydrogens is 186 g/mol. The molecule has 3 unspecified atom stereocenters. The zero-order valence-electron chi connectivity index (χ0n) is 10.9. The van der Waals surface area contributed by atoms with Crippen molar-refractivity contribution >= 4 is 0 Å². The Labute approximate surface area is 95.5 Å². The van der Waals surface area contributed by atoms with Gasteiger partial charge in [-0.2, -0.15) is 0 Å². The second kappa shape index (κ2) is 9.17. The highest BCUT2D eigenvalue weighted by Gasteiger charge is 2.32. The first kappa shape index (κ1) is 14.9. The van der Waals surface area contributed by atoms with Crippen LogP contribution in [0.25, 0.3) is 0 Å². The molecule has 0 radical (unpaired) electrons. The number of hydrogen-bond donors (Lipinski definition) is 2. The number of aliphatic hydroxyl groups is 1. The molecule has 2 N–H and O–H groups in total.